The molecule has 1 aromatic rings. The molecule has 2 N–H and O–H groups in total. The molecule has 1 fully saturated rings. The highest BCUT2D eigenvalue weighted by molar-refractivity contribution is 5.81. The molecule has 0 unspecified atom stereocenters. The van der Waals surface area contributed by atoms with Gasteiger partial charge < -0.3 is 15.5 Å². The van der Waals surface area contributed by atoms with Crippen molar-refractivity contribution in [2.75, 3.05) is 25.5 Å². The van der Waals surface area contributed by atoms with Gasteiger partial charge in [0.25, 0.3) is 0 Å². The van der Waals surface area contributed by atoms with Crippen LogP contribution in [0.5, 0.6) is 0 Å². The second-order valence-electron chi connectivity index (χ2n) is 5.15. The third-order valence-electron chi connectivity index (χ3n) is 3.42. The van der Waals surface area contributed by atoms with Crippen molar-refractivity contribution in [1.29, 1.82) is 5.26 Å². The molecule has 0 bridgehead atoms. The molecule has 106 valence electrons. The third kappa shape index (κ3) is 3.72. The lowest BCUT2D eigenvalue weighted by Crippen LogP contribution is -2.33. The highest BCUT2D eigenvalue weighted by Gasteiger charge is 2.20. The van der Waals surface area contributed by atoms with Crippen LogP contribution in [0.25, 0.3) is 0 Å². The number of carbonyl (C=O) groups is 1. The molecule has 0 heterocycles. The van der Waals surface area contributed by atoms with Crippen LogP contribution in [0.15, 0.2) is 18.2 Å². The molecule has 0 saturated heterocycles. The number of nitriles is 1. The minimum Gasteiger partial charge on any atom is -0.364 e. The first-order valence-corrected chi connectivity index (χ1v) is 6.82. The second-order valence-corrected chi connectivity index (χ2v) is 5.15. The number of rotatable bonds is 6. The zero-order chi connectivity index (χ0) is 14.5. The Kier molecular flexibility index (Phi) is 4.59. The summed E-state index contributed by atoms with van der Waals surface area (Å²) in [5, 5.41) is 15.3. The van der Waals surface area contributed by atoms with Crippen LogP contribution >= 0.6 is 0 Å². The lowest BCUT2D eigenvalue weighted by molar-refractivity contribution is -0.119. The molecule has 20 heavy (non-hydrogen) atoms. The van der Waals surface area contributed by atoms with E-state index in [0.717, 1.165) is 17.8 Å². The number of nitrogens with one attached hydrogen (secondary N) is 2. The molecule has 1 aromatic carbocycles. The largest absolute Gasteiger partial charge is 0.364 e. The molecule has 1 saturated carbocycles. The van der Waals surface area contributed by atoms with Crippen LogP contribution in [0.4, 0.5) is 5.69 Å². The van der Waals surface area contributed by atoms with Crippen LogP contribution in [0.2, 0.25) is 0 Å². The van der Waals surface area contributed by atoms with Gasteiger partial charge >= 0.3 is 0 Å². The van der Waals surface area contributed by atoms with E-state index in [0.29, 0.717) is 11.6 Å². The fraction of sp³-hybridized carbons (Fsp3) is 0.467. The molecule has 0 spiro atoms. The summed E-state index contributed by atoms with van der Waals surface area (Å²) >= 11 is 0. The van der Waals surface area contributed by atoms with Crippen molar-refractivity contribution in [3.63, 3.8) is 0 Å². The fourth-order valence-corrected chi connectivity index (χ4v) is 2.04. The summed E-state index contributed by atoms with van der Waals surface area (Å²) in [6, 6.07) is 8.67. The Bertz CT molecular complexity index is 531. The van der Waals surface area contributed by atoms with Gasteiger partial charge in [0.05, 0.1) is 17.8 Å². The molecule has 0 aliphatic heterocycles. The van der Waals surface area contributed by atoms with Crippen LogP contribution < -0.4 is 15.5 Å². The van der Waals surface area contributed by atoms with E-state index >= 15 is 0 Å². The SMILES string of the molecule is CNC(=O)CN(C)c1ccc(CNC2CC2)cc1C#N. The zero-order valence-electron chi connectivity index (χ0n) is 11.9. The minimum absolute atomic E-state index is 0.0733. The number of hydrogen-bond donors (Lipinski definition) is 2. The van der Waals surface area contributed by atoms with Crippen molar-refractivity contribution < 1.29 is 4.79 Å². The number of amides is 1. The maximum atomic E-state index is 11.4. The number of nitrogens with zero attached hydrogens (tertiary/aromatic N) is 2. The van der Waals surface area contributed by atoms with E-state index in [1.165, 1.54) is 12.8 Å². The molecule has 2 rings (SSSR count). The average Bonchev–Trinajstić information content (AvgIpc) is 3.28. The van der Waals surface area contributed by atoms with Gasteiger partial charge in [0.2, 0.25) is 5.91 Å². The van der Waals surface area contributed by atoms with E-state index < -0.39 is 0 Å². The smallest absolute Gasteiger partial charge is 0.239 e. The summed E-state index contributed by atoms with van der Waals surface area (Å²) in [5.41, 5.74) is 2.49. The van der Waals surface area contributed by atoms with E-state index in [4.69, 9.17) is 0 Å². The molecule has 0 aromatic heterocycles. The first-order valence-electron chi connectivity index (χ1n) is 6.82. The molecule has 1 amide bonds. The summed E-state index contributed by atoms with van der Waals surface area (Å²) in [4.78, 5) is 13.2. The van der Waals surface area contributed by atoms with Crippen LogP contribution in [0, 0.1) is 11.3 Å². The van der Waals surface area contributed by atoms with Crippen LogP contribution in [-0.4, -0.2) is 32.6 Å². The fourth-order valence-electron chi connectivity index (χ4n) is 2.04. The maximum Gasteiger partial charge on any atom is 0.239 e. The maximum absolute atomic E-state index is 11.4. The molecule has 5 nitrogen and oxygen atoms in total. The van der Waals surface area contributed by atoms with E-state index in [9.17, 15) is 10.1 Å². The van der Waals surface area contributed by atoms with Crippen molar-refractivity contribution in [2.24, 2.45) is 0 Å². The van der Waals surface area contributed by atoms with Gasteiger partial charge in [-0.2, -0.15) is 5.26 Å². The monoisotopic (exact) mass is 272 g/mol. The molecular formula is C15H20N4O. The Morgan fingerprint density at radius 3 is 2.85 bits per heavy atom. The molecule has 0 radical (unpaired) electrons. The van der Waals surface area contributed by atoms with Gasteiger partial charge in [-0.05, 0) is 30.5 Å². The van der Waals surface area contributed by atoms with Gasteiger partial charge in [-0.3, -0.25) is 4.79 Å². The number of carbonyl (C=O) groups excluding carboxylic acids is 1. The van der Waals surface area contributed by atoms with Crippen molar-refractivity contribution >= 4 is 11.6 Å². The Balaban J connectivity index is 2.08. The van der Waals surface area contributed by atoms with E-state index in [1.807, 2.05) is 25.2 Å². The second kappa shape index (κ2) is 6.40. The predicted octanol–water partition coefficient (Wildman–Crippen LogP) is 0.992. The quantitative estimate of drug-likeness (QED) is 0.810. The van der Waals surface area contributed by atoms with Crippen LogP contribution in [-0.2, 0) is 11.3 Å². The van der Waals surface area contributed by atoms with Crippen molar-refractivity contribution in [3.8, 4) is 6.07 Å². The Labute approximate surface area is 119 Å². The Morgan fingerprint density at radius 1 is 1.50 bits per heavy atom. The Morgan fingerprint density at radius 2 is 2.25 bits per heavy atom. The van der Waals surface area contributed by atoms with E-state index in [2.05, 4.69) is 16.7 Å². The molecule has 0 atom stereocenters. The Hall–Kier alpha value is -2.06. The first-order chi connectivity index (χ1) is 9.63. The van der Waals surface area contributed by atoms with Gasteiger partial charge in [0, 0.05) is 26.7 Å². The van der Waals surface area contributed by atoms with Crippen molar-refractivity contribution in [2.45, 2.75) is 25.4 Å². The number of hydrogen-bond acceptors (Lipinski definition) is 4. The van der Waals surface area contributed by atoms with Gasteiger partial charge in [0.15, 0.2) is 0 Å². The van der Waals surface area contributed by atoms with E-state index in [-0.39, 0.29) is 12.5 Å². The molecular weight excluding hydrogens is 252 g/mol. The highest BCUT2D eigenvalue weighted by atomic mass is 16.1. The van der Waals surface area contributed by atoms with Gasteiger partial charge in [0.1, 0.15) is 6.07 Å². The molecule has 1 aliphatic carbocycles. The van der Waals surface area contributed by atoms with Crippen molar-refractivity contribution in [1.82, 2.24) is 10.6 Å². The lowest BCUT2D eigenvalue weighted by atomic mass is 10.1. The number of anilines is 1. The summed E-state index contributed by atoms with van der Waals surface area (Å²) in [6.07, 6.45) is 2.50. The average molecular weight is 272 g/mol. The summed E-state index contributed by atoms with van der Waals surface area (Å²) < 4.78 is 0. The number of benzene rings is 1. The predicted molar refractivity (Wildman–Crippen MR) is 78.4 cm³/mol. The normalized spacial score (nSPS) is 13.7. The lowest BCUT2D eigenvalue weighted by Gasteiger charge is -2.20. The van der Waals surface area contributed by atoms with Crippen molar-refractivity contribution in [3.05, 3.63) is 29.3 Å². The standard InChI is InChI=1S/C15H20N4O/c1-17-15(20)10-19(2)14-6-3-11(7-12(14)8-16)9-18-13-4-5-13/h3,6-7,13,18H,4-5,9-10H2,1-2H3,(H,17,20). The minimum atomic E-state index is -0.0733. The summed E-state index contributed by atoms with van der Waals surface area (Å²) in [6.45, 7) is 1.03. The van der Waals surface area contributed by atoms with Gasteiger partial charge in [-0.15, -0.1) is 0 Å². The van der Waals surface area contributed by atoms with Crippen LogP contribution in [0.3, 0.4) is 0 Å². The number of likely N-dealkylation sites (N-methyl/N-ethyl adjacent to an activating group) is 2. The first kappa shape index (κ1) is 14.4. The summed E-state index contributed by atoms with van der Waals surface area (Å²) in [5.74, 6) is -0.0733. The van der Waals surface area contributed by atoms with Gasteiger partial charge in [-0.1, -0.05) is 6.07 Å². The van der Waals surface area contributed by atoms with Crippen LogP contribution in [0.1, 0.15) is 24.0 Å². The van der Waals surface area contributed by atoms with E-state index in [1.54, 1.807) is 11.9 Å². The molecule has 1 aliphatic rings. The van der Waals surface area contributed by atoms with Gasteiger partial charge in [-0.25, -0.2) is 0 Å². The highest BCUT2D eigenvalue weighted by Crippen LogP contribution is 2.22. The summed E-state index contributed by atoms with van der Waals surface area (Å²) in [7, 11) is 3.42. The topological polar surface area (TPSA) is 68.2 Å². The zero-order valence-corrected chi connectivity index (χ0v) is 11.9. The molecule has 5 heteroatoms. The third-order valence-corrected chi connectivity index (χ3v) is 3.42.